The lowest BCUT2D eigenvalue weighted by Crippen LogP contribution is -2.00. The number of aromatic carboxylic acids is 1. The summed E-state index contributed by atoms with van der Waals surface area (Å²) in [6.07, 6.45) is 1.56. The summed E-state index contributed by atoms with van der Waals surface area (Å²) in [6.45, 7) is 0. The molecule has 0 bridgehead atoms. The van der Waals surface area contributed by atoms with Crippen molar-refractivity contribution in [1.82, 2.24) is 0 Å². The van der Waals surface area contributed by atoms with E-state index in [9.17, 15) is 9.59 Å². The molecule has 0 aliphatic rings. The molecule has 2 aromatic carbocycles. The number of esters is 1. The van der Waals surface area contributed by atoms with Crippen molar-refractivity contribution in [2.24, 2.45) is 4.99 Å². The van der Waals surface area contributed by atoms with Gasteiger partial charge in [-0.05, 0) is 48.5 Å². The maximum absolute atomic E-state index is 11.4. The largest absolute Gasteiger partial charge is 0.478 e. The van der Waals surface area contributed by atoms with Gasteiger partial charge in [-0.2, -0.15) is 0 Å². The third-order valence-electron chi connectivity index (χ3n) is 3.67. The average molecular weight is 349 g/mol. The molecule has 0 saturated carbocycles. The zero-order valence-electron chi connectivity index (χ0n) is 13.9. The molecule has 0 aliphatic carbocycles. The molecule has 130 valence electrons. The van der Waals surface area contributed by atoms with Gasteiger partial charge in [0.25, 0.3) is 0 Å². The number of aliphatic imine (C=N–C) groups is 1. The van der Waals surface area contributed by atoms with Crippen LogP contribution in [0.15, 0.2) is 70.1 Å². The lowest BCUT2D eigenvalue weighted by atomic mass is 10.1. The number of carbonyl (C=O) groups excluding carboxylic acids is 1. The van der Waals surface area contributed by atoms with Crippen LogP contribution in [0.4, 0.5) is 5.69 Å². The van der Waals surface area contributed by atoms with Crippen molar-refractivity contribution >= 4 is 23.8 Å². The summed E-state index contributed by atoms with van der Waals surface area (Å²) in [6, 6.07) is 16.7. The minimum absolute atomic E-state index is 0.208. The standard InChI is InChI=1S/C20H15NO5/c1-25-20(24)15-4-2-13(3-5-15)18-11-10-17(26-18)12-21-16-8-6-14(7-9-16)19(22)23/h2-12H,1H3,(H,22,23). The first kappa shape index (κ1) is 17.2. The van der Waals surface area contributed by atoms with Gasteiger partial charge in [-0.1, -0.05) is 12.1 Å². The molecule has 0 spiro atoms. The molecule has 0 fully saturated rings. The second kappa shape index (κ2) is 7.48. The van der Waals surface area contributed by atoms with E-state index in [4.69, 9.17) is 9.52 Å². The third-order valence-corrected chi connectivity index (χ3v) is 3.67. The molecular weight excluding hydrogens is 334 g/mol. The Hall–Kier alpha value is -3.67. The number of nitrogens with zero attached hydrogens (tertiary/aromatic N) is 1. The first-order valence-corrected chi connectivity index (χ1v) is 7.73. The monoisotopic (exact) mass is 349 g/mol. The Kier molecular flexibility index (Phi) is 4.94. The van der Waals surface area contributed by atoms with Crippen LogP contribution in [0.5, 0.6) is 0 Å². The summed E-state index contributed by atoms with van der Waals surface area (Å²) in [5.74, 6) is -0.171. The van der Waals surface area contributed by atoms with E-state index in [1.807, 2.05) is 6.07 Å². The second-order valence-corrected chi connectivity index (χ2v) is 5.38. The summed E-state index contributed by atoms with van der Waals surface area (Å²) >= 11 is 0. The summed E-state index contributed by atoms with van der Waals surface area (Å²) in [5.41, 5.74) is 2.12. The number of carboxylic acids is 1. The zero-order valence-corrected chi connectivity index (χ0v) is 13.9. The lowest BCUT2D eigenvalue weighted by Gasteiger charge is -2.00. The predicted octanol–water partition coefficient (Wildman–Crippen LogP) is 4.18. The molecule has 1 N–H and O–H groups in total. The molecule has 1 heterocycles. The van der Waals surface area contributed by atoms with Gasteiger partial charge < -0.3 is 14.3 Å². The van der Waals surface area contributed by atoms with Gasteiger partial charge in [0, 0.05) is 5.56 Å². The molecule has 3 rings (SSSR count). The Bertz CT molecular complexity index is 953. The molecule has 1 aromatic heterocycles. The number of hydrogen-bond acceptors (Lipinski definition) is 5. The lowest BCUT2D eigenvalue weighted by molar-refractivity contribution is 0.0600. The molecule has 0 unspecified atom stereocenters. The number of ether oxygens (including phenoxy) is 1. The van der Waals surface area contributed by atoms with E-state index in [1.165, 1.54) is 19.2 Å². The number of benzene rings is 2. The maximum atomic E-state index is 11.4. The number of methoxy groups -OCH3 is 1. The summed E-state index contributed by atoms with van der Waals surface area (Å²) in [7, 11) is 1.34. The summed E-state index contributed by atoms with van der Waals surface area (Å²) in [4.78, 5) is 26.5. The van der Waals surface area contributed by atoms with Gasteiger partial charge >= 0.3 is 11.9 Å². The number of rotatable bonds is 5. The van der Waals surface area contributed by atoms with Crippen molar-refractivity contribution < 1.29 is 23.8 Å². The van der Waals surface area contributed by atoms with Gasteiger partial charge in [0.15, 0.2) is 0 Å². The minimum Gasteiger partial charge on any atom is -0.478 e. The highest BCUT2D eigenvalue weighted by molar-refractivity contribution is 5.90. The van der Waals surface area contributed by atoms with Crippen LogP contribution in [0.2, 0.25) is 0 Å². The van der Waals surface area contributed by atoms with Gasteiger partial charge in [0.1, 0.15) is 11.5 Å². The summed E-state index contributed by atoms with van der Waals surface area (Å²) in [5, 5.41) is 8.88. The van der Waals surface area contributed by atoms with Crippen LogP contribution in [0.25, 0.3) is 11.3 Å². The Balaban J connectivity index is 1.73. The molecule has 0 radical (unpaired) electrons. The smallest absolute Gasteiger partial charge is 0.337 e. The molecule has 0 saturated heterocycles. The van der Waals surface area contributed by atoms with E-state index >= 15 is 0 Å². The topological polar surface area (TPSA) is 89.1 Å². The molecule has 0 amide bonds. The van der Waals surface area contributed by atoms with Crippen molar-refractivity contribution in [3.05, 3.63) is 77.6 Å². The number of hydrogen-bond donors (Lipinski definition) is 1. The van der Waals surface area contributed by atoms with E-state index in [0.717, 1.165) is 5.56 Å². The molecule has 3 aromatic rings. The SMILES string of the molecule is COC(=O)c1ccc(-c2ccc(C=Nc3ccc(C(=O)O)cc3)o2)cc1. The fraction of sp³-hybridized carbons (Fsp3) is 0.0500. The predicted molar refractivity (Wildman–Crippen MR) is 96.1 cm³/mol. The van der Waals surface area contributed by atoms with Crippen LogP contribution in [-0.2, 0) is 4.74 Å². The maximum Gasteiger partial charge on any atom is 0.337 e. The van der Waals surface area contributed by atoms with E-state index in [2.05, 4.69) is 9.73 Å². The van der Waals surface area contributed by atoms with Gasteiger partial charge in [-0.15, -0.1) is 0 Å². The van der Waals surface area contributed by atoms with Crippen molar-refractivity contribution in [1.29, 1.82) is 0 Å². The normalized spacial score (nSPS) is 10.8. The molecule has 26 heavy (non-hydrogen) atoms. The Morgan fingerprint density at radius 3 is 2.23 bits per heavy atom. The van der Waals surface area contributed by atoms with Crippen LogP contribution in [0, 0.1) is 0 Å². The molecule has 6 heteroatoms. The highest BCUT2D eigenvalue weighted by Crippen LogP contribution is 2.23. The molecule has 0 atom stereocenters. The van der Waals surface area contributed by atoms with Crippen molar-refractivity contribution in [2.45, 2.75) is 0 Å². The Morgan fingerprint density at radius 2 is 1.62 bits per heavy atom. The van der Waals surface area contributed by atoms with Gasteiger partial charge in [0.05, 0.1) is 30.1 Å². The van der Waals surface area contributed by atoms with Crippen LogP contribution < -0.4 is 0 Å². The van der Waals surface area contributed by atoms with Crippen LogP contribution in [0.1, 0.15) is 26.5 Å². The van der Waals surface area contributed by atoms with Crippen molar-refractivity contribution in [3.8, 4) is 11.3 Å². The molecular formula is C20H15NO5. The Morgan fingerprint density at radius 1 is 0.962 bits per heavy atom. The summed E-state index contributed by atoms with van der Waals surface area (Å²) < 4.78 is 10.4. The van der Waals surface area contributed by atoms with Crippen LogP contribution >= 0.6 is 0 Å². The van der Waals surface area contributed by atoms with Gasteiger partial charge in [0.2, 0.25) is 0 Å². The average Bonchev–Trinajstić information content (AvgIpc) is 3.15. The number of carbonyl (C=O) groups is 2. The van der Waals surface area contributed by atoms with E-state index < -0.39 is 11.9 Å². The highest BCUT2D eigenvalue weighted by Gasteiger charge is 2.07. The zero-order chi connectivity index (χ0) is 18.5. The molecule has 6 nitrogen and oxygen atoms in total. The van der Waals surface area contributed by atoms with E-state index in [0.29, 0.717) is 22.8 Å². The van der Waals surface area contributed by atoms with Gasteiger partial charge in [-0.25, -0.2) is 9.59 Å². The number of carboxylic acid groups (broad SMARTS) is 1. The van der Waals surface area contributed by atoms with E-state index in [-0.39, 0.29) is 5.56 Å². The van der Waals surface area contributed by atoms with Crippen LogP contribution in [-0.4, -0.2) is 30.4 Å². The van der Waals surface area contributed by atoms with Gasteiger partial charge in [-0.3, -0.25) is 4.99 Å². The molecule has 0 aliphatic heterocycles. The minimum atomic E-state index is -0.977. The second-order valence-electron chi connectivity index (χ2n) is 5.38. The fourth-order valence-electron chi connectivity index (χ4n) is 2.29. The highest BCUT2D eigenvalue weighted by atomic mass is 16.5. The van der Waals surface area contributed by atoms with E-state index in [1.54, 1.807) is 48.7 Å². The first-order valence-electron chi connectivity index (χ1n) is 7.73. The number of furan rings is 1. The van der Waals surface area contributed by atoms with Crippen LogP contribution in [0.3, 0.4) is 0 Å². The quantitative estimate of drug-likeness (QED) is 0.551. The fourth-order valence-corrected chi connectivity index (χ4v) is 2.29. The first-order chi connectivity index (χ1) is 12.6. The van der Waals surface area contributed by atoms with Crippen molar-refractivity contribution in [2.75, 3.05) is 7.11 Å². The van der Waals surface area contributed by atoms with Crippen molar-refractivity contribution in [3.63, 3.8) is 0 Å². The third kappa shape index (κ3) is 3.87. The Labute approximate surface area is 149 Å².